The summed E-state index contributed by atoms with van der Waals surface area (Å²) < 4.78 is 35.3. The molecule has 0 N–H and O–H groups in total. The van der Waals surface area contributed by atoms with Crippen molar-refractivity contribution < 1.29 is 18.3 Å². The molecule has 0 fully saturated rings. The maximum atomic E-state index is 14.3. The van der Waals surface area contributed by atoms with E-state index in [0.717, 1.165) is 10.4 Å². The number of fused-ring (bicyclic) bond motifs is 1. The van der Waals surface area contributed by atoms with Crippen molar-refractivity contribution in [2.24, 2.45) is 0 Å². The van der Waals surface area contributed by atoms with Crippen molar-refractivity contribution in [2.75, 3.05) is 6.61 Å². The van der Waals surface area contributed by atoms with Gasteiger partial charge in [0.15, 0.2) is 0 Å². The van der Waals surface area contributed by atoms with Gasteiger partial charge in [-0.05, 0) is 37.1 Å². The van der Waals surface area contributed by atoms with E-state index in [2.05, 4.69) is 0 Å². The molecular formula is C24H19F2NO3S. The number of carbonyl (C=O) groups is 1. The number of esters is 1. The van der Waals surface area contributed by atoms with Crippen molar-refractivity contribution in [1.82, 2.24) is 4.57 Å². The lowest BCUT2D eigenvalue weighted by atomic mass is 10.1. The fourth-order valence-corrected chi connectivity index (χ4v) is 4.85. The summed E-state index contributed by atoms with van der Waals surface area (Å²) in [6, 6.07) is 13.2. The molecule has 31 heavy (non-hydrogen) atoms. The van der Waals surface area contributed by atoms with Crippen LogP contribution < -0.4 is 5.43 Å². The first-order chi connectivity index (χ1) is 14.9. The summed E-state index contributed by atoms with van der Waals surface area (Å²) in [5.41, 5.74) is 0.878. The van der Waals surface area contributed by atoms with Crippen molar-refractivity contribution in [2.45, 2.75) is 20.4 Å². The maximum Gasteiger partial charge on any atom is 0.343 e. The van der Waals surface area contributed by atoms with Gasteiger partial charge in [0.25, 0.3) is 0 Å². The second-order valence-corrected chi connectivity index (χ2v) is 8.02. The number of hydrogen-bond acceptors (Lipinski definition) is 4. The average molecular weight is 439 g/mol. The van der Waals surface area contributed by atoms with Crippen LogP contribution in [0, 0.1) is 18.6 Å². The fraction of sp³-hybridized carbons (Fsp3) is 0.167. The molecule has 4 rings (SSSR count). The van der Waals surface area contributed by atoms with E-state index in [9.17, 15) is 18.4 Å². The van der Waals surface area contributed by atoms with E-state index in [1.807, 2.05) is 37.3 Å². The normalized spacial score (nSPS) is 11.1. The predicted molar refractivity (Wildman–Crippen MR) is 118 cm³/mol. The number of carbonyl (C=O) groups excluding carboxylic acids is 1. The van der Waals surface area contributed by atoms with Crippen molar-refractivity contribution in [3.63, 3.8) is 0 Å². The van der Waals surface area contributed by atoms with E-state index >= 15 is 0 Å². The van der Waals surface area contributed by atoms with Crippen molar-refractivity contribution in [1.29, 1.82) is 0 Å². The molecule has 7 heteroatoms. The van der Waals surface area contributed by atoms with Gasteiger partial charge in [-0.1, -0.05) is 36.4 Å². The lowest BCUT2D eigenvalue weighted by molar-refractivity contribution is 0.0524. The van der Waals surface area contributed by atoms with Gasteiger partial charge < -0.3 is 9.30 Å². The zero-order valence-electron chi connectivity index (χ0n) is 16.9. The molecule has 0 atom stereocenters. The first-order valence-corrected chi connectivity index (χ1v) is 10.6. The Kier molecular flexibility index (Phi) is 5.69. The minimum atomic E-state index is -0.760. The summed E-state index contributed by atoms with van der Waals surface area (Å²) in [7, 11) is 0. The Hall–Kier alpha value is -3.32. The number of thiophene rings is 1. The monoisotopic (exact) mass is 439 g/mol. The largest absolute Gasteiger partial charge is 0.462 e. The van der Waals surface area contributed by atoms with E-state index in [1.54, 1.807) is 11.5 Å². The Labute approximate surface area is 181 Å². The van der Waals surface area contributed by atoms with Crippen LogP contribution in [0.4, 0.5) is 8.78 Å². The molecule has 4 nitrogen and oxygen atoms in total. The topological polar surface area (TPSA) is 48.3 Å². The van der Waals surface area contributed by atoms with Gasteiger partial charge >= 0.3 is 5.97 Å². The standard InChI is InChI=1S/C24H19F2NO3S/c1-3-30-24(29)17-13-27(12-16-18(25)10-7-11-19(16)26)23-20(21(17)28)14(2)22(31-23)15-8-5-4-6-9-15/h4-11,13H,3,12H2,1-2H3. The first-order valence-electron chi connectivity index (χ1n) is 9.74. The molecule has 0 spiro atoms. The maximum absolute atomic E-state index is 14.3. The lowest BCUT2D eigenvalue weighted by Gasteiger charge is -2.12. The molecule has 4 aromatic rings. The molecule has 2 aromatic carbocycles. The Morgan fingerprint density at radius 3 is 2.39 bits per heavy atom. The SMILES string of the molecule is CCOC(=O)c1cn(Cc2c(F)cccc2F)c2sc(-c3ccccc3)c(C)c2c1=O. The van der Waals surface area contributed by atoms with Crippen LogP contribution in [0.15, 0.2) is 59.5 Å². The predicted octanol–water partition coefficient (Wildman–Crippen LogP) is 5.54. The number of ether oxygens (including phenoxy) is 1. The van der Waals surface area contributed by atoms with Crippen LogP contribution in [0.5, 0.6) is 0 Å². The van der Waals surface area contributed by atoms with Crippen molar-refractivity contribution in [3.05, 3.63) is 93.3 Å². The van der Waals surface area contributed by atoms with Crippen LogP contribution in [0.2, 0.25) is 0 Å². The molecule has 158 valence electrons. The first kappa shape index (κ1) is 20.9. The van der Waals surface area contributed by atoms with E-state index < -0.39 is 23.0 Å². The average Bonchev–Trinajstić information content (AvgIpc) is 3.11. The van der Waals surface area contributed by atoms with Crippen LogP contribution in [-0.4, -0.2) is 17.1 Å². The minimum Gasteiger partial charge on any atom is -0.462 e. The molecule has 2 aromatic heterocycles. The van der Waals surface area contributed by atoms with Gasteiger partial charge in [0, 0.05) is 16.6 Å². The molecule has 0 radical (unpaired) electrons. The number of aryl methyl sites for hydroxylation is 1. The van der Waals surface area contributed by atoms with Gasteiger partial charge in [-0.25, -0.2) is 13.6 Å². The third-order valence-corrected chi connectivity index (χ3v) is 6.45. The Bertz CT molecular complexity index is 1320. The number of pyridine rings is 1. The zero-order valence-corrected chi connectivity index (χ0v) is 17.8. The third kappa shape index (κ3) is 3.77. The quantitative estimate of drug-likeness (QED) is 0.384. The van der Waals surface area contributed by atoms with Gasteiger partial charge in [0.1, 0.15) is 22.0 Å². The van der Waals surface area contributed by atoms with E-state index in [1.165, 1.54) is 35.7 Å². The Balaban J connectivity index is 2.00. The van der Waals surface area contributed by atoms with Gasteiger partial charge in [-0.15, -0.1) is 11.3 Å². The molecule has 0 amide bonds. The van der Waals surface area contributed by atoms with E-state index in [0.29, 0.717) is 15.8 Å². The van der Waals surface area contributed by atoms with Crippen molar-refractivity contribution >= 4 is 27.5 Å². The Morgan fingerprint density at radius 1 is 1.06 bits per heavy atom. The van der Waals surface area contributed by atoms with Crippen LogP contribution in [0.25, 0.3) is 20.7 Å². The third-order valence-electron chi connectivity index (χ3n) is 5.07. The molecule has 2 heterocycles. The zero-order chi connectivity index (χ0) is 22.1. The summed E-state index contributed by atoms with van der Waals surface area (Å²) >= 11 is 1.35. The highest BCUT2D eigenvalue weighted by atomic mass is 32.1. The fourth-order valence-electron chi connectivity index (χ4n) is 3.57. The summed E-state index contributed by atoms with van der Waals surface area (Å²) in [5, 5.41) is 0.353. The summed E-state index contributed by atoms with van der Waals surface area (Å²) in [6.45, 7) is 3.39. The molecule has 0 aliphatic heterocycles. The number of halogens is 2. The highest BCUT2D eigenvalue weighted by Crippen LogP contribution is 2.37. The summed E-state index contributed by atoms with van der Waals surface area (Å²) in [6.07, 6.45) is 1.33. The van der Waals surface area contributed by atoms with E-state index in [4.69, 9.17) is 4.74 Å². The molecular weight excluding hydrogens is 420 g/mol. The molecule has 0 saturated carbocycles. The van der Waals surface area contributed by atoms with Crippen LogP contribution in [-0.2, 0) is 11.3 Å². The molecule has 0 bridgehead atoms. The second kappa shape index (κ2) is 8.43. The molecule has 0 aliphatic carbocycles. The highest BCUT2D eigenvalue weighted by Gasteiger charge is 2.23. The minimum absolute atomic E-state index is 0.107. The summed E-state index contributed by atoms with van der Waals surface area (Å²) in [4.78, 5) is 27.0. The molecule has 0 aliphatic rings. The van der Waals surface area contributed by atoms with Gasteiger partial charge in [-0.2, -0.15) is 0 Å². The van der Waals surface area contributed by atoms with Crippen molar-refractivity contribution in [3.8, 4) is 10.4 Å². The van der Waals surface area contributed by atoms with Gasteiger partial charge in [0.2, 0.25) is 5.43 Å². The second-order valence-electron chi connectivity index (χ2n) is 7.02. The lowest BCUT2D eigenvalue weighted by Crippen LogP contribution is -2.21. The molecule has 0 unspecified atom stereocenters. The van der Waals surface area contributed by atoms with Crippen LogP contribution >= 0.6 is 11.3 Å². The van der Waals surface area contributed by atoms with Gasteiger partial charge in [0.05, 0.1) is 18.5 Å². The summed E-state index contributed by atoms with van der Waals surface area (Å²) in [5.74, 6) is -2.15. The van der Waals surface area contributed by atoms with Crippen LogP contribution in [0.3, 0.4) is 0 Å². The van der Waals surface area contributed by atoms with Gasteiger partial charge in [-0.3, -0.25) is 4.79 Å². The smallest absolute Gasteiger partial charge is 0.343 e. The highest BCUT2D eigenvalue weighted by molar-refractivity contribution is 7.22. The Morgan fingerprint density at radius 2 is 1.74 bits per heavy atom. The molecule has 0 saturated heterocycles. The van der Waals surface area contributed by atoms with E-state index in [-0.39, 0.29) is 24.3 Å². The van der Waals surface area contributed by atoms with Crippen LogP contribution in [0.1, 0.15) is 28.4 Å². The number of aromatic nitrogens is 1. The number of hydrogen-bond donors (Lipinski definition) is 0. The number of rotatable bonds is 5. The number of benzene rings is 2. The number of nitrogens with zero attached hydrogens (tertiary/aromatic N) is 1.